The molecule has 0 spiro atoms. The van der Waals surface area contributed by atoms with Crippen LogP contribution in [0.4, 0.5) is 13.2 Å². The first-order valence-corrected chi connectivity index (χ1v) is 19.3. The van der Waals surface area contributed by atoms with Crippen molar-refractivity contribution in [2.75, 3.05) is 7.11 Å². The highest BCUT2D eigenvalue weighted by Gasteiger charge is 2.38. The third kappa shape index (κ3) is 14.2. The van der Waals surface area contributed by atoms with Crippen molar-refractivity contribution < 1.29 is 45.5 Å². The molecule has 0 saturated carbocycles. The van der Waals surface area contributed by atoms with Crippen LogP contribution in [0.15, 0.2) is 103 Å². The van der Waals surface area contributed by atoms with Gasteiger partial charge in [0.25, 0.3) is 0 Å². The summed E-state index contributed by atoms with van der Waals surface area (Å²) in [7, 11) is -3.03. The standard InChI is InChI=1S/C40H43F3N6O7S/c1-56-38(52)32-14-6-13-30(21-32)25-57(54,55)49-33(15-7-10-26-8-3-2-4-9-26)37(51)48-34(36(50)46-23-27-16-18-31(19-17-27)35(44)45)22-28-11-5-12-29(20-28)24-47-39(53)40(41,42)43/h2-6,8-9,11-14,16-21,33-34,49H,7,10,15,22-25H2,1H3,(H3,44,45)(H,46,50)(H,47,53)(H,48,51)/t33-,34+/m1/s1. The maximum atomic E-state index is 14.1. The Morgan fingerprint density at radius 2 is 1.37 bits per heavy atom. The lowest BCUT2D eigenvalue weighted by Gasteiger charge is -2.24. The van der Waals surface area contributed by atoms with Crippen LogP contribution in [-0.2, 0) is 60.8 Å². The summed E-state index contributed by atoms with van der Waals surface area (Å²) in [4.78, 5) is 51.3. The number of sulfonamides is 1. The Balaban J connectivity index is 1.58. The van der Waals surface area contributed by atoms with Gasteiger partial charge in [-0.3, -0.25) is 19.8 Å². The average molecular weight is 809 g/mol. The zero-order valence-electron chi connectivity index (χ0n) is 30.9. The van der Waals surface area contributed by atoms with Crippen LogP contribution in [-0.4, -0.2) is 63.3 Å². The SMILES string of the molecule is COC(=O)c1cccc(CS(=O)(=O)N[C@H](CCCc2ccccc2)C(=O)N[C@@H](Cc2cccc(CNC(=O)C(F)(F)F)c2)C(=O)NCc2ccc(C(=N)N)cc2)c1. The molecule has 2 atom stereocenters. The zero-order valence-corrected chi connectivity index (χ0v) is 31.7. The highest BCUT2D eigenvalue weighted by molar-refractivity contribution is 7.88. The fourth-order valence-corrected chi connectivity index (χ4v) is 7.12. The number of ether oxygens (including phenoxy) is 1. The average Bonchev–Trinajstić information content (AvgIpc) is 3.18. The monoisotopic (exact) mass is 808 g/mol. The normalized spacial score (nSPS) is 12.5. The van der Waals surface area contributed by atoms with Crippen molar-refractivity contribution in [2.45, 2.75) is 62.8 Å². The van der Waals surface area contributed by atoms with Gasteiger partial charge in [0.1, 0.15) is 17.9 Å². The van der Waals surface area contributed by atoms with E-state index in [2.05, 4.69) is 15.4 Å². The van der Waals surface area contributed by atoms with E-state index in [4.69, 9.17) is 15.9 Å². The number of carbonyl (C=O) groups is 4. The Labute approximate surface area is 328 Å². The molecule has 0 unspecified atom stereocenters. The molecule has 0 bridgehead atoms. The van der Waals surface area contributed by atoms with Gasteiger partial charge in [0.2, 0.25) is 21.8 Å². The van der Waals surface area contributed by atoms with Gasteiger partial charge < -0.3 is 26.4 Å². The van der Waals surface area contributed by atoms with Crippen molar-refractivity contribution in [3.05, 3.63) is 142 Å². The number of nitrogens with two attached hydrogens (primary N) is 1. The van der Waals surface area contributed by atoms with Gasteiger partial charge in [-0.25, -0.2) is 17.9 Å². The quantitative estimate of drug-likeness (QED) is 0.0466. The van der Waals surface area contributed by atoms with Gasteiger partial charge in [-0.15, -0.1) is 0 Å². The van der Waals surface area contributed by atoms with Crippen LogP contribution < -0.4 is 26.4 Å². The van der Waals surface area contributed by atoms with Gasteiger partial charge >= 0.3 is 18.1 Å². The van der Waals surface area contributed by atoms with Crippen LogP contribution in [0.2, 0.25) is 0 Å². The molecule has 0 heterocycles. The molecule has 4 aromatic carbocycles. The zero-order chi connectivity index (χ0) is 41.6. The van der Waals surface area contributed by atoms with Gasteiger partial charge in [0.15, 0.2) is 0 Å². The predicted molar refractivity (Wildman–Crippen MR) is 206 cm³/mol. The van der Waals surface area contributed by atoms with Gasteiger partial charge in [0, 0.05) is 25.1 Å². The molecule has 0 aliphatic rings. The highest BCUT2D eigenvalue weighted by atomic mass is 32.2. The number of halogens is 3. The molecule has 13 nitrogen and oxygen atoms in total. The van der Waals surface area contributed by atoms with Crippen LogP contribution in [0.1, 0.15) is 56.6 Å². The number of hydrogen-bond acceptors (Lipinski definition) is 8. The molecule has 4 aromatic rings. The summed E-state index contributed by atoms with van der Waals surface area (Å²) in [6.07, 6.45) is -4.32. The minimum Gasteiger partial charge on any atom is -0.465 e. The summed E-state index contributed by atoms with van der Waals surface area (Å²) in [5.41, 5.74) is 8.72. The van der Waals surface area contributed by atoms with E-state index in [9.17, 15) is 40.8 Å². The third-order valence-corrected chi connectivity index (χ3v) is 10.0. The molecule has 0 aromatic heterocycles. The molecular formula is C40H43F3N6O7S. The minimum atomic E-state index is -5.08. The molecule has 0 radical (unpaired) electrons. The summed E-state index contributed by atoms with van der Waals surface area (Å²) in [5, 5.41) is 14.8. The number of carbonyl (C=O) groups excluding carboxylic acids is 4. The van der Waals surface area contributed by atoms with E-state index in [0.29, 0.717) is 35.1 Å². The molecule has 302 valence electrons. The Morgan fingerprint density at radius 1 is 0.737 bits per heavy atom. The van der Waals surface area contributed by atoms with E-state index in [1.807, 2.05) is 30.3 Å². The van der Waals surface area contributed by atoms with Gasteiger partial charge in [-0.1, -0.05) is 91.0 Å². The maximum absolute atomic E-state index is 14.1. The van der Waals surface area contributed by atoms with Crippen LogP contribution in [0, 0.1) is 5.41 Å². The summed E-state index contributed by atoms with van der Waals surface area (Å²) in [6.45, 7) is -0.454. The van der Waals surface area contributed by atoms with Crippen molar-refractivity contribution in [3.8, 4) is 0 Å². The number of nitrogen functional groups attached to an aromatic ring is 1. The highest BCUT2D eigenvalue weighted by Crippen LogP contribution is 2.17. The largest absolute Gasteiger partial charge is 0.471 e. The second kappa shape index (κ2) is 20.2. The number of aryl methyl sites for hydroxylation is 1. The van der Waals surface area contributed by atoms with Gasteiger partial charge in [0.05, 0.1) is 18.4 Å². The molecule has 17 heteroatoms. The Kier molecular flexibility index (Phi) is 15.5. The Hall–Kier alpha value is -6.07. The lowest BCUT2D eigenvalue weighted by atomic mass is 10.0. The number of amidine groups is 1. The number of methoxy groups -OCH3 is 1. The summed E-state index contributed by atoms with van der Waals surface area (Å²) < 4.78 is 72.7. The summed E-state index contributed by atoms with van der Waals surface area (Å²) in [5.74, 6) is -4.96. The number of hydrogen-bond donors (Lipinski definition) is 6. The van der Waals surface area contributed by atoms with E-state index >= 15 is 0 Å². The van der Waals surface area contributed by atoms with Gasteiger partial charge in [-0.2, -0.15) is 13.2 Å². The fourth-order valence-electron chi connectivity index (χ4n) is 5.76. The lowest BCUT2D eigenvalue weighted by Crippen LogP contribution is -2.54. The molecule has 0 aliphatic heterocycles. The molecular weight excluding hydrogens is 766 g/mol. The number of rotatable bonds is 19. The number of amides is 3. The third-order valence-electron chi connectivity index (χ3n) is 8.65. The van der Waals surface area contributed by atoms with Crippen molar-refractivity contribution in [3.63, 3.8) is 0 Å². The van der Waals surface area contributed by atoms with Crippen LogP contribution in [0.3, 0.4) is 0 Å². The Morgan fingerprint density at radius 3 is 2.04 bits per heavy atom. The number of esters is 1. The van der Waals surface area contributed by atoms with E-state index < -0.39 is 64.3 Å². The Bertz CT molecular complexity index is 2150. The number of benzene rings is 4. The fraction of sp³-hybridized carbons (Fsp3) is 0.275. The maximum Gasteiger partial charge on any atom is 0.471 e. The van der Waals surface area contributed by atoms with Crippen LogP contribution in [0.5, 0.6) is 0 Å². The van der Waals surface area contributed by atoms with Gasteiger partial charge in [-0.05, 0) is 59.2 Å². The van der Waals surface area contributed by atoms with Crippen molar-refractivity contribution in [1.82, 2.24) is 20.7 Å². The molecule has 0 fully saturated rings. The first kappa shape index (κ1) is 43.7. The van der Waals surface area contributed by atoms with Crippen molar-refractivity contribution >= 4 is 39.5 Å². The minimum absolute atomic E-state index is 0.00464. The topological polar surface area (TPSA) is 210 Å². The molecule has 4 rings (SSSR count). The number of alkyl halides is 3. The van der Waals surface area contributed by atoms with Crippen molar-refractivity contribution in [2.24, 2.45) is 5.73 Å². The lowest BCUT2D eigenvalue weighted by molar-refractivity contribution is -0.173. The van der Waals surface area contributed by atoms with Crippen LogP contribution in [0.25, 0.3) is 0 Å². The van der Waals surface area contributed by atoms with E-state index in [1.165, 1.54) is 49.6 Å². The molecule has 7 N–H and O–H groups in total. The van der Waals surface area contributed by atoms with Crippen LogP contribution >= 0.6 is 0 Å². The van der Waals surface area contributed by atoms with E-state index in [1.54, 1.807) is 35.6 Å². The summed E-state index contributed by atoms with van der Waals surface area (Å²) in [6, 6.07) is 25.1. The number of nitrogens with one attached hydrogen (secondary N) is 5. The molecule has 0 aliphatic carbocycles. The molecule has 57 heavy (non-hydrogen) atoms. The van der Waals surface area contributed by atoms with E-state index in [-0.39, 0.29) is 36.3 Å². The summed E-state index contributed by atoms with van der Waals surface area (Å²) >= 11 is 0. The van der Waals surface area contributed by atoms with E-state index in [0.717, 1.165) is 5.56 Å². The second-order valence-corrected chi connectivity index (χ2v) is 14.8. The second-order valence-electron chi connectivity index (χ2n) is 13.1. The first-order valence-electron chi connectivity index (χ1n) is 17.7. The first-order chi connectivity index (χ1) is 27.0. The smallest absolute Gasteiger partial charge is 0.465 e. The molecule has 0 saturated heterocycles. The predicted octanol–water partition coefficient (Wildman–Crippen LogP) is 3.79. The van der Waals surface area contributed by atoms with Crippen molar-refractivity contribution in [1.29, 1.82) is 5.41 Å². The molecule has 3 amide bonds.